The van der Waals surface area contributed by atoms with Crippen molar-refractivity contribution in [3.63, 3.8) is 0 Å². The Morgan fingerprint density at radius 3 is 2.55 bits per heavy atom. The summed E-state index contributed by atoms with van der Waals surface area (Å²) in [5, 5.41) is 4.03. The average Bonchev–Trinajstić information content (AvgIpc) is 2.89. The minimum atomic E-state index is -3.51. The maximum Gasteiger partial charge on any atom is 0.338 e. The molecule has 0 unspecified atom stereocenters. The molecule has 106 valence electrons. The number of rotatable bonds is 3. The molecule has 0 N–H and O–H groups in total. The quantitative estimate of drug-likeness (QED) is 0.799. The molecule has 0 aliphatic carbocycles. The molecule has 0 bridgehead atoms. The van der Waals surface area contributed by atoms with Gasteiger partial charge in [-0.25, -0.2) is 17.9 Å². The maximum atomic E-state index is 11.9. The summed E-state index contributed by atoms with van der Waals surface area (Å²) in [6.07, 6.45) is 4.28. The lowest BCUT2D eigenvalue weighted by Gasteiger charge is -2.12. The van der Waals surface area contributed by atoms with Crippen molar-refractivity contribution in [3.8, 4) is 5.69 Å². The van der Waals surface area contributed by atoms with E-state index in [1.165, 1.54) is 17.9 Å². The lowest BCUT2D eigenvalue weighted by molar-refractivity contribution is 0.0599. The van der Waals surface area contributed by atoms with Crippen LogP contribution in [0.15, 0.2) is 35.5 Å². The largest absolute Gasteiger partial charge is 0.465 e. The van der Waals surface area contributed by atoms with Gasteiger partial charge in [0.25, 0.3) is 0 Å². The molecule has 0 amide bonds. The number of esters is 1. The Balaban J connectivity index is 2.76. The lowest BCUT2D eigenvalue weighted by Crippen LogP contribution is -2.11. The van der Waals surface area contributed by atoms with Crippen LogP contribution in [0.2, 0.25) is 0 Å². The Hall–Kier alpha value is -2.15. The van der Waals surface area contributed by atoms with Crippen LogP contribution in [0.1, 0.15) is 15.9 Å². The molecule has 0 radical (unpaired) electrons. The third-order valence-electron chi connectivity index (χ3n) is 2.86. The number of ether oxygens (including phenoxy) is 1. The van der Waals surface area contributed by atoms with E-state index in [4.69, 9.17) is 0 Å². The zero-order chi connectivity index (χ0) is 14.9. The molecule has 0 aliphatic heterocycles. The van der Waals surface area contributed by atoms with Crippen LogP contribution in [0.5, 0.6) is 0 Å². The third kappa shape index (κ3) is 2.57. The third-order valence-corrected chi connectivity index (χ3v) is 3.99. The van der Waals surface area contributed by atoms with E-state index in [2.05, 4.69) is 9.84 Å². The number of nitrogens with zero attached hydrogens (tertiary/aromatic N) is 2. The second-order valence-corrected chi connectivity index (χ2v) is 6.33. The van der Waals surface area contributed by atoms with Gasteiger partial charge in [-0.05, 0) is 30.7 Å². The van der Waals surface area contributed by atoms with E-state index in [9.17, 15) is 13.2 Å². The van der Waals surface area contributed by atoms with Gasteiger partial charge in [0.05, 0.1) is 23.3 Å². The number of benzene rings is 1. The molecule has 0 saturated heterocycles. The Morgan fingerprint density at radius 1 is 1.35 bits per heavy atom. The topological polar surface area (TPSA) is 78.3 Å². The first-order valence-corrected chi connectivity index (χ1v) is 7.66. The van der Waals surface area contributed by atoms with E-state index in [0.29, 0.717) is 11.3 Å². The fourth-order valence-electron chi connectivity index (χ4n) is 1.89. The van der Waals surface area contributed by atoms with Crippen LogP contribution < -0.4 is 0 Å². The molecule has 20 heavy (non-hydrogen) atoms. The minimum Gasteiger partial charge on any atom is -0.465 e. The molecule has 0 saturated carbocycles. The monoisotopic (exact) mass is 294 g/mol. The Morgan fingerprint density at radius 2 is 2.05 bits per heavy atom. The molecule has 1 aromatic heterocycles. The number of hydrogen-bond acceptors (Lipinski definition) is 5. The van der Waals surface area contributed by atoms with Gasteiger partial charge in [-0.2, -0.15) is 5.10 Å². The van der Waals surface area contributed by atoms with Crippen molar-refractivity contribution in [2.45, 2.75) is 11.8 Å². The van der Waals surface area contributed by atoms with Gasteiger partial charge < -0.3 is 4.74 Å². The van der Waals surface area contributed by atoms with Gasteiger partial charge in [0.1, 0.15) is 0 Å². The molecule has 0 aliphatic rings. The predicted octanol–water partition coefficient (Wildman–Crippen LogP) is 1.37. The highest BCUT2D eigenvalue weighted by molar-refractivity contribution is 7.90. The van der Waals surface area contributed by atoms with Crippen molar-refractivity contribution >= 4 is 15.8 Å². The standard InChI is InChI=1S/C13H14N2O4S/c1-9-7-11(15-6-4-5-14-15)12(20(3,17)18)8-10(9)13(16)19-2/h4-8H,1-3H3. The second kappa shape index (κ2) is 5.09. The van der Waals surface area contributed by atoms with Crippen molar-refractivity contribution in [2.75, 3.05) is 13.4 Å². The highest BCUT2D eigenvalue weighted by atomic mass is 32.2. The van der Waals surface area contributed by atoms with Crippen LogP contribution in [0, 0.1) is 6.92 Å². The van der Waals surface area contributed by atoms with Gasteiger partial charge in [0.15, 0.2) is 9.84 Å². The number of aromatic nitrogens is 2. The Labute approximate surface area is 116 Å². The number of carbonyl (C=O) groups is 1. The Bertz CT molecular complexity index is 749. The number of sulfone groups is 1. The molecule has 6 nitrogen and oxygen atoms in total. The van der Waals surface area contributed by atoms with Crippen molar-refractivity contribution in [1.29, 1.82) is 0 Å². The number of carbonyl (C=O) groups excluding carboxylic acids is 1. The van der Waals surface area contributed by atoms with Crippen LogP contribution in [-0.2, 0) is 14.6 Å². The number of methoxy groups -OCH3 is 1. The smallest absolute Gasteiger partial charge is 0.338 e. The molecule has 0 fully saturated rings. The highest BCUT2D eigenvalue weighted by Gasteiger charge is 2.20. The van der Waals surface area contributed by atoms with E-state index in [1.54, 1.807) is 31.5 Å². The van der Waals surface area contributed by atoms with Crippen LogP contribution in [0.4, 0.5) is 0 Å². The molecular weight excluding hydrogens is 280 g/mol. The molecule has 1 aromatic carbocycles. The maximum absolute atomic E-state index is 11.9. The summed E-state index contributed by atoms with van der Waals surface area (Å²) in [5.41, 5.74) is 1.25. The molecule has 2 aromatic rings. The van der Waals surface area contributed by atoms with Crippen LogP contribution >= 0.6 is 0 Å². The SMILES string of the molecule is COC(=O)c1cc(S(C)(=O)=O)c(-n2cccn2)cc1C. The first-order valence-electron chi connectivity index (χ1n) is 5.77. The predicted molar refractivity (Wildman–Crippen MR) is 72.8 cm³/mol. The summed E-state index contributed by atoms with van der Waals surface area (Å²) >= 11 is 0. The van der Waals surface area contributed by atoms with Gasteiger partial charge in [0, 0.05) is 18.6 Å². The summed E-state index contributed by atoms with van der Waals surface area (Å²) in [5.74, 6) is -0.570. The lowest BCUT2D eigenvalue weighted by atomic mass is 10.1. The highest BCUT2D eigenvalue weighted by Crippen LogP contribution is 2.24. The molecule has 1 heterocycles. The zero-order valence-electron chi connectivity index (χ0n) is 11.3. The van der Waals surface area contributed by atoms with E-state index in [-0.39, 0.29) is 10.5 Å². The molecular formula is C13H14N2O4S. The minimum absolute atomic E-state index is 0.0344. The van der Waals surface area contributed by atoms with Crippen molar-refractivity contribution in [3.05, 3.63) is 41.7 Å². The van der Waals surface area contributed by atoms with E-state index < -0.39 is 15.8 Å². The summed E-state index contributed by atoms with van der Waals surface area (Å²) in [6.45, 7) is 1.71. The number of aryl methyl sites for hydroxylation is 1. The van der Waals surface area contributed by atoms with E-state index in [1.807, 2.05) is 0 Å². The van der Waals surface area contributed by atoms with Gasteiger partial charge in [-0.15, -0.1) is 0 Å². The molecule has 0 atom stereocenters. The Kier molecular flexibility index (Phi) is 3.63. The molecule has 7 heteroatoms. The average molecular weight is 294 g/mol. The van der Waals surface area contributed by atoms with E-state index in [0.717, 1.165) is 6.26 Å². The van der Waals surface area contributed by atoms with Gasteiger partial charge in [-0.1, -0.05) is 0 Å². The van der Waals surface area contributed by atoms with Crippen LogP contribution in [0.25, 0.3) is 5.69 Å². The van der Waals surface area contributed by atoms with Gasteiger partial charge >= 0.3 is 5.97 Å². The number of hydrogen-bond donors (Lipinski definition) is 0. The fraction of sp³-hybridized carbons (Fsp3) is 0.231. The summed E-state index contributed by atoms with van der Waals surface area (Å²) in [4.78, 5) is 11.7. The summed E-state index contributed by atoms with van der Waals surface area (Å²) in [6, 6.07) is 4.62. The molecule has 0 spiro atoms. The first kappa shape index (κ1) is 14.3. The fourth-order valence-corrected chi connectivity index (χ4v) is 2.75. The molecule has 2 rings (SSSR count). The van der Waals surface area contributed by atoms with Gasteiger partial charge in [-0.3, -0.25) is 0 Å². The zero-order valence-corrected chi connectivity index (χ0v) is 12.1. The first-order chi connectivity index (χ1) is 9.34. The van der Waals surface area contributed by atoms with Crippen molar-refractivity contribution < 1.29 is 17.9 Å². The summed E-state index contributed by atoms with van der Waals surface area (Å²) in [7, 11) is -2.26. The van der Waals surface area contributed by atoms with Crippen LogP contribution in [0.3, 0.4) is 0 Å². The summed E-state index contributed by atoms with van der Waals surface area (Å²) < 4.78 is 30.0. The van der Waals surface area contributed by atoms with Crippen molar-refractivity contribution in [2.24, 2.45) is 0 Å². The normalized spacial score (nSPS) is 11.3. The van der Waals surface area contributed by atoms with Gasteiger partial charge in [0.2, 0.25) is 0 Å². The van der Waals surface area contributed by atoms with E-state index >= 15 is 0 Å². The van der Waals surface area contributed by atoms with Crippen LogP contribution in [-0.4, -0.2) is 37.5 Å². The second-order valence-electron chi connectivity index (χ2n) is 4.35. The van der Waals surface area contributed by atoms with Crippen molar-refractivity contribution in [1.82, 2.24) is 9.78 Å².